The van der Waals surface area contributed by atoms with Gasteiger partial charge in [0.1, 0.15) is 0 Å². The number of carbonyl (C=O) groups excluding carboxylic acids is 1. The van der Waals surface area contributed by atoms with E-state index in [0.29, 0.717) is 18.9 Å². The number of aromatic nitrogens is 6. The molecule has 0 aliphatic carbocycles. The van der Waals surface area contributed by atoms with Crippen LogP contribution in [0.4, 0.5) is 11.6 Å². The molecule has 0 saturated heterocycles. The summed E-state index contributed by atoms with van der Waals surface area (Å²) in [5, 5.41) is 12.6. The predicted molar refractivity (Wildman–Crippen MR) is 106 cm³/mol. The van der Waals surface area contributed by atoms with E-state index in [2.05, 4.69) is 32.1 Å². The fourth-order valence-electron chi connectivity index (χ4n) is 2.94. The van der Waals surface area contributed by atoms with Gasteiger partial charge in [-0.15, -0.1) is 0 Å². The molecule has 0 atom stereocenters. The lowest BCUT2D eigenvalue weighted by Gasteiger charge is -2.07. The predicted octanol–water partition coefficient (Wildman–Crippen LogP) is 2.65. The largest absolute Gasteiger partial charge is 0.321 e. The first-order valence-electron chi connectivity index (χ1n) is 8.78. The van der Waals surface area contributed by atoms with Gasteiger partial charge in [0.2, 0.25) is 5.95 Å². The van der Waals surface area contributed by atoms with Gasteiger partial charge >= 0.3 is 0 Å². The number of benzene rings is 1. The molecule has 0 unspecified atom stereocenters. The van der Waals surface area contributed by atoms with Gasteiger partial charge in [-0.3, -0.25) is 9.48 Å². The summed E-state index contributed by atoms with van der Waals surface area (Å²) in [6, 6.07) is 7.89. The Bertz CT molecular complexity index is 1160. The number of nitrogens with zero attached hydrogens (tertiary/aromatic N) is 6. The van der Waals surface area contributed by atoms with Gasteiger partial charge in [-0.25, -0.2) is 9.67 Å². The second-order valence-electron chi connectivity index (χ2n) is 6.47. The van der Waals surface area contributed by atoms with Crippen LogP contribution < -0.4 is 5.32 Å². The van der Waals surface area contributed by atoms with Gasteiger partial charge in [-0.2, -0.15) is 15.2 Å². The van der Waals surface area contributed by atoms with Gasteiger partial charge in [0.05, 0.1) is 30.0 Å². The van der Waals surface area contributed by atoms with Crippen molar-refractivity contribution >= 4 is 28.5 Å². The highest BCUT2D eigenvalue weighted by atomic mass is 16.1. The molecule has 4 rings (SSSR count). The quantitative estimate of drug-likeness (QED) is 0.501. The van der Waals surface area contributed by atoms with Gasteiger partial charge in [0.15, 0.2) is 11.4 Å². The summed E-state index contributed by atoms with van der Waals surface area (Å²) in [5.41, 5.74) is 3.54. The lowest BCUT2D eigenvalue weighted by atomic mass is 10.1. The second-order valence-corrected chi connectivity index (χ2v) is 6.47. The Morgan fingerprint density at radius 3 is 2.86 bits per heavy atom. The fourth-order valence-corrected chi connectivity index (χ4v) is 2.94. The molecule has 3 heterocycles. The van der Waals surface area contributed by atoms with E-state index in [1.807, 2.05) is 42.2 Å². The minimum absolute atomic E-state index is 0.000507. The number of hydrogen-bond donors (Lipinski definition) is 1. The molecule has 0 amide bonds. The zero-order chi connectivity index (χ0) is 19.5. The molecule has 0 radical (unpaired) electrons. The molecule has 8 heteroatoms. The molecule has 0 aliphatic heterocycles. The van der Waals surface area contributed by atoms with Crippen molar-refractivity contribution in [2.75, 3.05) is 5.32 Å². The maximum atomic E-state index is 11.6. The fraction of sp³-hybridized carbons (Fsp3) is 0.150. The Kier molecular flexibility index (Phi) is 4.67. The topological polar surface area (TPSA) is 90.5 Å². The molecular formula is C20H19N7O. The maximum absolute atomic E-state index is 11.6. The summed E-state index contributed by atoms with van der Waals surface area (Å²) in [6.45, 7) is 4.07. The van der Waals surface area contributed by atoms with Crippen LogP contribution in [0.5, 0.6) is 0 Å². The third-order valence-electron chi connectivity index (χ3n) is 4.27. The number of rotatable bonds is 7. The van der Waals surface area contributed by atoms with Crippen LogP contribution in [0.15, 0.2) is 61.7 Å². The first-order chi connectivity index (χ1) is 13.6. The molecule has 8 nitrogen and oxygen atoms in total. The third-order valence-corrected chi connectivity index (χ3v) is 4.27. The zero-order valence-electron chi connectivity index (χ0n) is 15.4. The summed E-state index contributed by atoms with van der Waals surface area (Å²) in [5.74, 6) is 0.480. The van der Waals surface area contributed by atoms with Crippen molar-refractivity contribution in [1.82, 2.24) is 29.5 Å². The van der Waals surface area contributed by atoms with E-state index in [9.17, 15) is 4.79 Å². The smallest absolute Gasteiger partial charge is 0.229 e. The molecule has 1 N–H and O–H groups in total. The summed E-state index contributed by atoms with van der Waals surface area (Å²) >= 11 is 0. The number of aryl methyl sites for hydroxylation is 1. The normalized spacial score (nSPS) is 10.9. The molecule has 0 spiro atoms. The molecular weight excluding hydrogens is 354 g/mol. The minimum atomic E-state index is 0.000507. The Balaban J connectivity index is 1.58. The van der Waals surface area contributed by atoms with Crippen molar-refractivity contribution in [2.45, 2.75) is 13.0 Å². The van der Waals surface area contributed by atoms with Crippen LogP contribution in [0.1, 0.15) is 11.1 Å². The minimum Gasteiger partial charge on any atom is -0.321 e. The van der Waals surface area contributed by atoms with Crippen LogP contribution in [-0.2, 0) is 24.8 Å². The third kappa shape index (κ3) is 3.80. The summed E-state index contributed by atoms with van der Waals surface area (Å²) < 4.78 is 3.52. The van der Waals surface area contributed by atoms with Crippen LogP contribution in [0.25, 0.3) is 11.0 Å². The van der Waals surface area contributed by atoms with Crippen molar-refractivity contribution in [1.29, 1.82) is 0 Å². The van der Waals surface area contributed by atoms with E-state index in [1.165, 1.54) is 6.08 Å². The molecule has 0 bridgehead atoms. The monoisotopic (exact) mass is 373 g/mol. The van der Waals surface area contributed by atoms with Gasteiger partial charge in [0, 0.05) is 25.9 Å². The number of hydrogen-bond acceptors (Lipinski definition) is 6. The average molecular weight is 373 g/mol. The van der Waals surface area contributed by atoms with Crippen molar-refractivity contribution in [2.24, 2.45) is 7.05 Å². The van der Waals surface area contributed by atoms with E-state index in [1.54, 1.807) is 23.3 Å². The number of ketones is 1. The Labute approximate surface area is 161 Å². The van der Waals surface area contributed by atoms with Gasteiger partial charge in [0.25, 0.3) is 0 Å². The Hall–Kier alpha value is -3.81. The lowest BCUT2D eigenvalue weighted by molar-refractivity contribution is -0.114. The maximum Gasteiger partial charge on any atom is 0.229 e. The molecule has 28 heavy (non-hydrogen) atoms. The highest BCUT2D eigenvalue weighted by Crippen LogP contribution is 2.17. The standard InChI is InChI=1S/C20H19N7O/c1-3-18(28)8-14-5-4-6-15(7-14)12-27-19-16(10-23-27)9-21-20(25-19)24-17-11-22-26(2)13-17/h3-7,9-11,13H,1,8,12H2,2H3,(H,21,24,25). The van der Waals surface area contributed by atoms with Crippen molar-refractivity contribution < 1.29 is 4.79 Å². The number of nitrogens with one attached hydrogen (secondary N) is 1. The number of allylic oxidation sites excluding steroid dienone is 1. The molecule has 1 aromatic carbocycles. The summed E-state index contributed by atoms with van der Waals surface area (Å²) in [6.07, 6.45) is 8.74. The SMILES string of the molecule is C=CC(=O)Cc1cccc(Cn2ncc3cnc(Nc4cnn(C)c4)nc32)c1. The van der Waals surface area contributed by atoms with Gasteiger partial charge < -0.3 is 5.32 Å². The summed E-state index contributed by atoms with van der Waals surface area (Å²) in [4.78, 5) is 20.5. The highest BCUT2D eigenvalue weighted by Gasteiger charge is 2.09. The van der Waals surface area contributed by atoms with Crippen LogP contribution in [0, 0.1) is 0 Å². The molecule has 4 aromatic rings. The molecule has 140 valence electrons. The van der Waals surface area contributed by atoms with Crippen LogP contribution in [-0.4, -0.2) is 35.3 Å². The van der Waals surface area contributed by atoms with Crippen LogP contribution in [0.3, 0.4) is 0 Å². The first-order valence-corrected chi connectivity index (χ1v) is 8.78. The lowest BCUT2D eigenvalue weighted by Crippen LogP contribution is -2.05. The van der Waals surface area contributed by atoms with E-state index in [4.69, 9.17) is 0 Å². The molecule has 3 aromatic heterocycles. The first kappa shape index (κ1) is 17.6. The van der Waals surface area contributed by atoms with Gasteiger partial charge in [-0.05, 0) is 17.2 Å². The van der Waals surface area contributed by atoms with E-state index in [-0.39, 0.29) is 5.78 Å². The van der Waals surface area contributed by atoms with E-state index in [0.717, 1.165) is 27.8 Å². The highest BCUT2D eigenvalue weighted by molar-refractivity contribution is 5.90. The van der Waals surface area contributed by atoms with E-state index >= 15 is 0 Å². The number of anilines is 2. The van der Waals surface area contributed by atoms with Crippen molar-refractivity contribution in [3.8, 4) is 0 Å². The second kappa shape index (κ2) is 7.43. The van der Waals surface area contributed by atoms with E-state index < -0.39 is 0 Å². The Morgan fingerprint density at radius 2 is 2.07 bits per heavy atom. The van der Waals surface area contributed by atoms with Crippen molar-refractivity contribution in [3.05, 3.63) is 72.8 Å². The number of fused-ring (bicyclic) bond motifs is 1. The molecule has 0 saturated carbocycles. The van der Waals surface area contributed by atoms with Crippen LogP contribution >= 0.6 is 0 Å². The summed E-state index contributed by atoms with van der Waals surface area (Å²) in [7, 11) is 1.85. The van der Waals surface area contributed by atoms with Crippen LogP contribution in [0.2, 0.25) is 0 Å². The van der Waals surface area contributed by atoms with Gasteiger partial charge in [-0.1, -0.05) is 30.8 Å². The molecule has 0 fully saturated rings. The molecule has 0 aliphatic rings. The van der Waals surface area contributed by atoms with Crippen molar-refractivity contribution in [3.63, 3.8) is 0 Å². The number of carbonyl (C=O) groups is 1. The Morgan fingerprint density at radius 1 is 1.21 bits per heavy atom. The zero-order valence-corrected chi connectivity index (χ0v) is 15.4. The average Bonchev–Trinajstić information content (AvgIpc) is 3.28.